The maximum atomic E-state index is 13.7. The van der Waals surface area contributed by atoms with Crippen LogP contribution in [-0.4, -0.2) is 8.42 Å². The number of hydrogen-bond donors (Lipinski definition) is 1. The maximum absolute atomic E-state index is 13.7. The zero-order chi connectivity index (χ0) is 14.9. The number of nitrogen functional groups attached to an aromatic ring is 1. The van der Waals surface area contributed by atoms with Crippen LogP contribution in [0.1, 0.15) is 11.1 Å². The third-order valence-corrected chi connectivity index (χ3v) is 5.06. The second kappa shape index (κ2) is 5.42. The molecule has 0 aromatic heterocycles. The summed E-state index contributed by atoms with van der Waals surface area (Å²) in [4.78, 5) is -0.00294. The molecule has 0 atom stereocenters. The number of halogens is 2. The Morgan fingerprint density at radius 2 is 1.85 bits per heavy atom. The first-order valence-electron chi connectivity index (χ1n) is 5.83. The van der Waals surface area contributed by atoms with Gasteiger partial charge in [0.1, 0.15) is 5.82 Å². The molecule has 2 rings (SSSR count). The predicted molar refractivity (Wildman–Crippen MR) is 77.9 cm³/mol. The van der Waals surface area contributed by atoms with Crippen molar-refractivity contribution in [3.63, 3.8) is 0 Å². The fourth-order valence-corrected chi connectivity index (χ4v) is 3.78. The Bertz CT molecular complexity index is 740. The lowest BCUT2D eigenvalue weighted by atomic mass is 10.2. The maximum Gasteiger partial charge on any atom is 0.184 e. The lowest BCUT2D eigenvalue weighted by Gasteiger charge is -2.11. The summed E-state index contributed by atoms with van der Waals surface area (Å²) >= 11 is 5.86. The van der Waals surface area contributed by atoms with Crippen molar-refractivity contribution in [2.24, 2.45) is 0 Å². The van der Waals surface area contributed by atoms with E-state index < -0.39 is 21.4 Å². The molecule has 2 N–H and O–H groups in total. The quantitative estimate of drug-likeness (QED) is 0.884. The van der Waals surface area contributed by atoms with Gasteiger partial charge in [0.25, 0.3) is 0 Å². The van der Waals surface area contributed by atoms with Crippen molar-refractivity contribution in [3.8, 4) is 0 Å². The average Bonchev–Trinajstić information content (AvgIpc) is 2.37. The summed E-state index contributed by atoms with van der Waals surface area (Å²) < 4.78 is 38.4. The van der Waals surface area contributed by atoms with Gasteiger partial charge in [-0.2, -0.15) is 0 Å². The Kier molecular flexibility index (Phi) is 4.01. The number of para-hydroxylation sites is 1. The molecule has 0 spiro atoms. The molecule has 0 unspecified atom stereocenters. The molecule has 0 heterocycles. The highest BCUT2D eigenvalue weighted by Crippen LogP contribution is 2.28. The van der Waals surface area contributed by atoms with Crippen LogP contribution in [0.25, 0.3) is 0 Å². The highest BCUT2D eigenvalue weighted by molar-refractivity contribution is 7.90. The number of nitrogens with two attached hydrogens (primary N) is 1. The van der Waals surface area contributed by atoms with Gasteiger partial charge in [-0.05, 0) is 30.7 Å². The summed E-state index contributed by atoms with van der Waals surface area (Å²) in [5, 5.41) is 0.0831. The third kappa shape index (κ3) is 2.78. The van der Waals surface area contributed by atoms with E-state index in [1.165, 1.54) is 24.3 Å². The SMILES string of the molecule is Cc1cccc(S(=O)(=O)Cc2c(F)cccc2Cl)c1N. The number of rotatable bonds is 3. The first-order chi connectivity index (χ1) is 9.33. The molecule has 2 aromatic rings. The Morgan fingerprint density at radius 1 is 1.20 bits per heavy atom. The molecule has 0 aliphatic rings. The standard InChI is InChI=1S/C14H13ClFNO2S/c1-9-4-2-7-13(14(9)17)20(18,19)8-10-11(15)5-3-6-12(10)16/h2-7H,8,17H2,1H3. The minimum atomic E-state index is -3.76. The minimum absolute atomic E-state index is 0.00294. The van der Waals surface area contributed by atoms with E-state index in [0.717, 1.165) is 0 Å². The third-order valence-electron chi connectivity index (χ3n) is 3.02. The van der Waals surface area contributed by atoms with Crippen molar-refractivity contribution in [2.75, 3.05) is 5.73 Å². The number of benzene rings is 2. The number of sulfone groups is 1. The van der Waals surface area contributed by atoms with Crippen molar-refractivity contribution in [1.82, 2.24) is 0 Å². The van der Waals surface area contributed by atoms with E-state index in [2.05, 4.69) is 0 Å². The average molecular weight is 314 g/mol. The van der Waals surface area contributed by atoms with Gasteiger partial charge in [0.15, 0.2) is 9.84 Å². The monoisotopic (exact) mass is 313 g/mol. The van der Waals surface area contributed by atoms with Gasteiger partial charge >= 0.3 is 0 Å². The molecule has 6 heteroatoms. The number of anilines is 1. The van der Waals surface area contributed by atoms with E-state index in [-0.39, 0.29) is 21.2 Å². The van der Waals surface area contributed by atoms with Crippen molar-refractivity contribution in [2.45, 2.75) is 17.6 Å². The highest BCUT2D eigenvalue weighted by Gasteiger charge is 2.22. The van der Waals surface area contributed by atoms with Crippen molar-refractivity contribution < 1.29 is 12.8 Å². The van der Waals surface area contributed by atoms with Crippen LogP contribution >= 0.6 is 11.6 Å². The van der Waals surface area contributed by atoms with Crippen molar-refractivity contribution >= 4 is 27.1 Å². The van der Waals surface area contributed by atoms with Crippen LogP contribution in [0.3, 0.4) is 0 Å². The fraction of sp³-hybridized carbons (Fsp3) is 0.143. The summed E-state index contributed by atoms with van der Waals surface area (Å²) in [6.07, 6.45) is 0. The molecule has 0 bridgehead atoms. The van der Waals surface area contributed by atoms with Crippen LogP contribution in [0.15, 0.2) is 41.3 Å². The van der Waals surface area contributed by atoms with E-state index in [1.54, 1.807) is 19.1 Å². The second-order valence-corrected chi connectivity index (χ2v) is 6.81. The molecule has 20 heavy (non-hydrogen) atoms. The molecular formula is C14H13ClFNO2S. The van der Waals surface area contributed by atoms with E-state index in [0.29, 0.717) is 5.56 Å². The summed E-state index contributed by atoms with van der Waals surface area (Å²) in [7, 11) is -3.76. The van der Waals surface area contributed by atoms with E-state index in [9.17, 15) is 12.8 Å². The first-order valence-corrected chi connectivity index (χ1v) is 7.86. The summed E-state index contributed by atoms with van der Waals surface area (Å²) in [6.45, 7) is 1.71. The molecule has 0 radical (unpaired) electrons. The topological polar surface area (TPSA) is 60.2 Å². The van der Waals surface area contributed by atoms with Gasteiger partial charge in [-0.25, -0.2) is 12.8 Å². The van der Waals surface area contributed by atoms with Gasteiger partial charge in [0, 0.05) is 10.6 Å². The largest absolute Gasteiger partial charge is 0.397 e. The molecule has 0 saturated heterocycles. The van der Waals surface area contributed by atoms with Crippen LogP contribution < -0.4 is 5.73 Å². The van der Waals surface area contributed by atoms with Gasteiger partial charge in [-0.15, -0.1) is 0 Å². The van der Waals surface area contributed by atoms with Crippen LogP contribution in [0.5, 0.6) is 0 Å². The summed E-state index contributed by atoms with van der Waals surface area (Å²) in [6, 6.07) is 8.78. The first kappa shape index (κ1) is 14.8. The molecule has 0 aliphatic carbocycles. The lowest BCUT2D eigenvalue weighted by Crippen LogP contribution is -2.10. The molecule has 0 amide bonds. The molecule has 0 fully saturated rings. The Balaban J connectivity index is 2.50. The van der Waals surface area contributed by atoms with Gasteiger partial charge in [0.05, 0.1) is 16.3 Å². The van der Waals surface area contributed by atoms with Gasteiger partial charge in [-0.3, -0.25) is 0 Å². The Morgan fingerprint density at radius 3 is 2.50 bits per heavy atom. The predicted octanol–water partition coefficient (Wildman–Crippen LogP) is 3.34. The van der Waals surface area contributed by atoms with Crippen molar-refractivity contribution in [3.05, 3.63) is 58.4 Å². The normalized spacial score (nSPS) is 11.6. The molecule has 3 nitrogen and oxygen atoms in total. The molecular weight excluding hydrogens is 301 g/mol. The van der Waals surface area contributed by atoms with E-state index in [4.69, 9.17) is 17.3 Å². The number of aryl methyl sites for hydroxylation is 1. The van der Waals surface area contributed by atoms with E-state index in [1.807, 2.05) is 0 Å². The molecule has 106 valence electrons. The molecule has 0 aliphatic heterocycles. The Hall–Kier alpha value is -1.59. The van der Waals surface area contributed by atoms with Crippen LogP contribution in [-0.2, 0) is 15.6 Å². The van der Waals surface area contributed by atoms with Crippen LogP contribution in [0.2, 0.25) is 5.02 Å². The Labute approximate surface area is 122 Å². The number of hydrogen-bond acceptors (Lipinski definition) is 3. The van der Waals surface area contributed by atoms with Crippen molar-refractivity contribution in [1.29, 1.82) is 0 Å². The fourth-order valence-electron chi connectivity index (χ4n) is 1.86. The second-order valence-electron chi connectivity index (χ2n) is 4.45. The minimum Gasteiger partial charge on any atom is -0.397 e. The zero-order valence-corrected chi connectivity index (χ0v) is 12.3. The van der Waals surface area contributed by atoms with Gasteiger partial charge < -0.3 is 5.73 Å². The summed E-state index contributed by atoms with van der Waals surface area (Å²) in [5.41, 5.74) is 6.58. The summed E-state index contributed by atoms with van der Waals surface area (Å²) in [5.74, 6) is -1.17. The molecule has 2 aromatic carbocycles. The lowest BCUT2D eigenvalue weighted by molar-refractivity contribution is 0.587. The van der Waals surface area contributed by atoms with Crippen LogP contribution in [0, 0.1) is 12.7 Å². The van der Waals surface area contributed by atoms with Gasteiger partial charge in [0.2, 0.25) is 0 Å². The smallest absolute Gasteiger partial charge is 0.184 e. The highest BCUT2D eigenvalue weighted by atomic mass is 35.5. The van der Waals surface area contributed by atoms with Crippen LogP contribution in [0.4, 0.5) is 10.1 Å². The molecule has 0 saturated carbocycles. The zero-order valence-electron chi connectivity index (χ0n) is 10.7. The van der Waals surface area contributed by atoms with Gasteiger partial charge in [-0.1, -0.05) is 29.8 Å². The van der Waals surface area contributed by atoms with E-state index >= 15 is 0 Å².